The molecule has 2 N–H and O–H groups in total. The molecule has 0 saturated heterocycles. The Morgan fingerprint density at radius 1 is 1.34 bits per heavy atom. The summed E-state index contributed by atoms with van der Waals surface area (Å²) in [4.78, 5) is 31.2. The summed E-state index contributed by atoms with van der Waals surface area (Å²) < 4.78 is 5.23. The van der Waals surface area contributed by atoms with Crippen LogP contribution in [0.3, 0.4) is 0 Å². The minimum atomic E-state index is -0.112. The highest BCUT2D eigenvalue weighted by Gasteiger charge is 2.34. The molecule has 8 heteroatoms. The third-order valence-corrected chi connectivity index (χ3v) is 5.34. The first kappa shape index (κ1) is 21.1. The number of carbonyl (C=O) groups excluding carboxylic acids is 2. The lowest BCUT2D eigenvalue weighted by molar-refractivity contribution is -0.121. The van der Waals surface area contributed by atoms with Gasteiger partial charge in [-0.3, -0.25) is 9.59 Å². The minimum Gasteiger partial charge on any atom is -0.497 e. The Hall–Kier alpha value is -2.61. The molecule has 0 spiro atoms. The highest BCUT2D eigenvalue weighted by Crippen LogP contribution is 2.30. The summed E-state index contributed by atoms with van der Waals surface area (Å²) in [6.07, 6.45) is 2.28. The molecule has 1 heterocycles. The van der Waals surface area contributed by atoms with Crippen molar-refractivity contribution in [1.82, 2.24) is 15.2 Å². The number of nitrogens with one attached hydrogen (secondary N) is 2. The number of thiazole rings is 1. The summed E-state index contributed by atoms with van der Waals surface area (Å²) in [7, 11) is 1.62. The van der Waals surface area contributed by atoms with Gasteiger partial charge in [0.05, 0.1) is 7.11 Å². The third kappa shape index (κ3) is 6.19. The standard InChI is InChI=1S/C21H28N4O3S/c1-14(2)12-22-19(26)9-10-25(16-7-8-16)20(27)18-13-29-21(24-18)23-15-5-4-6-17(11-15)28-3/h4-6,11,13-14,16H,7-10,12H2,1-3H3,(H,22,26)(H,23,24). The summed E-state index contributed by atoms with van der Waals surface area (Å²) in [5, 5.41) is 8.52. The second kappa shape index (κ2) is 9.73. The van der Waals surface area contributed by atoms with E-state index in [1.54, 1.807) is 17.4 Å². The molecule has 29 heavy (non-hydrogen) atoms. The average Bonchev–Trinajstić information content (AvgIpc) is 3.44. The van der Waals surface area contributed by atoms with Gasteiger partial charge in [0.1, 0.15) is 11.4 Å². The number of methoxy groups -OCH3 is 1. The fourth-order valence-corrected chi connectivity index (χ4v) is 3.57. The van der Waals surface area contributed by atoms with Gasteiger partial charge in [0.2, 0.25) is 5.91 Å². The topological polar surface area (TPSA) is 83.6 Å². The van der Waals surface area contributed by atoms with Crippen LogP contribution >= 0.6 is 11.3 Å². The zero-order valence-electron chi connectivity index (χ0n) is 17.1. The van der Waals surface area contributed by atoms with Crippen LogP contribution in [0.5, 0.6) is 5.75 Å². The Balaban J connectivity index is 1.59. The minimum absolute atomic E-state index is 0.0178. The number of benzene rings is 1. The Morgan fingerprint density at radius 3 is 2.83 bits per heavy atom. The van der Waals surface area contributed by atoms with Gasteiger partial charge in [-0.15, -0.1) is 11.3 Å². The molecule has 1 aliphatic rings. The van der Waals surface area contributed by atoms with Gasteiger partial charge in [0.25, 0.3) is 5.91 Å². The van der Waals surface area contributed by atoms with E-state index in [1.165, 1.54) is 11.3 Å². The number of ether oxygens (including phenoxy) is 1. The van der Waals surface area contributed by atoms with Gasteiger partial charge >= 0.3 is 0 Å². The molecule has 0 atom stereocenters. The lowest BCUT2D eigenvalue weighted by atomic mass is 10.2. The van der Waals surface area contributed by atoms with Gasteiger partial charge < -0.3 is 20.3 Å². The zero-order valence-corrected chi connectivity index (χ0v) is 17.9. The van der Waals surface area contributed by atoms with Crippen molar-refractivity contribution in [2.75, 3.05) is 25.5 Å². The van der Waals surface area contributed by atoms with Crippen molar-refractivity contribution >= 4 is 34.0 Å². The quantitative estimate of drug-likeness (QED) is 0.618. The smallest absolute Gasteiger partial charge is 0.273 e. The number of amides is 2. The second-order valence-corrected chi connectivity index (χ2v) is 8.43. The van der Waals surface area contributed by atoms with Crippen molar-refractivity contribution in [1.29, 1.82) is 0 Å². The number of hydrogen-bond donors (Lipinski definition) is 2. The first-order chi connectivity index (χ1) is 14.0. The van der Waals surface area contributed by atoms with E-state index in [2.05, 4.69) is 29.5 Å². The van der Waals surface area contributed by atoms with Crippen LogP contribution in [0.15, 0.2) is 29.6 Å². The SMILES string of the molecule is COc1cccc(Nc2nc(C(=O)N(CCC(=O)NCC(C)C)C3CC3)cs2)c1. The molecular weight excluding hydrogens is 388 g/mol. The molecule has 1 aromatic carbocycles. The average molecular weight is 417 g/mol. The molecule has 156 valence electrons. The van der Waals surface area contributed by atoms with Crippen molar-refractivity contribution in [3.05, 3.63) is 35.3 Å². The number of carbonyl (C=O) groups is 2. The molecule has 2 aromatic rings. The first-order valence-electron chi connectivity index (χ1n) is 9.90. The zero-order chi connectivity index (χ0) is 20.8. The summed E-state index contributed by atoms with van der Waals surface area (Å²) in [5.41, 5.74) is 1.26. The lowest BCUT2D eigenvalue weighted by Gasteiger charge is -2.21. The van der Waals surface area contributed by atoms with Crippen LogP contribution in [0.4, 0.5) is 10.8 Å². The fourth-order valence-electron chi connectivity index (χ4n) is 2.87. The first-order valence-corrected chi connectivity index (χ1v) is 10.8. The van der Waals surface area contributed by atoms with E-state index >= 15 is 0 Å². The molecule has 1 fully saturated rings. The number of anilines is 2. The van der Waals surface area contributed by atoms with Gasteiger partial charge in [-0.25, -0.2) is 4.98 Å². The van der Waals surface area contributed by atoms with Crippen molar-refractivity contribution < 1.29 is 14.3 Å². The summed E-state index contributed by atoms with van der Waals surface area (Å²) in [6, 6.07) is 7.76. The van der Waals surface area contributed by atoms with Gasteiger partial charge in [-0.05, 0) is 30.9 Å². The van der Waals surface area contributed by atoms with E-state index in [1.807, 2.05) is 24.3 Å². The van der Waals surface area contributed by atoms with Crippen LogP contribution < -0.4 is 15.4 Å². The molecule has 0 aliphatic heterocycles. The van der Waals surface area contributed by atoms with Crippen LogP contribution in [-0.4, -0.2) is 47.9 Å². The van der Waals surface area contributed by atoms with Crippen molar-refractivity contribution in [2.24, 2.45) is 5.92 Å². The van der Waals surface area contributed by atoms with Crippen LogP contribution in [0.2, 0.25) is 0 Å². The molecule has 0 radical (unpaired) electrons. The monoisotopic (exact) mass is 416 g/mol. The number of nitrogens with zero attached hydrogens (tertiary/aromatic N) is 2. The van der Waals surface area contributed by atoms with Gasteiger partial charge in [-0.2, -0.15) is 0 Å². The molecule has 1 aliphatic carbocycles. The molecule has 1 saturated carbocycles. The van der Waals surface area contributed by atoms with Crippen LogP contribution in [0.25, 0.3) is 0 Å². The number of hydrogen-bond acceptors (Lipinski definition) is 6. The van der Waals surface area contributed by atoms with Crippen molar-refractivity contribution in [3.63, 3.8) is 0 Å². The number of rotatable bonds is 10. The van der Waals surface area contributed by atoms with E-state index in [9.17, 15) is 9.59 Å². The van der Waals surface area contributed by atoms with E-state index in [0.29, 0.717) is 36.3 Å². The van der Waals surface area contributed by atoms with Crippen molar-refractivity contribution in [3.8, 4) is 5.75 Å². The predicted molar refractivity (Wildman–Crippen MR) is 115 cm³/mol. The summed E-state index contributed by atoms with van der Waals surface area (Å²) in [6.45, 7) is 5.19. The Morgan fingerprint density at radius 2 is 2.14 bits per heavy atom. The van der Waals surface area contributed by atoms with E-state index in [4.69, 9.17) is 4.74 Å². The number of aromatic nitrogens is 1. The van der Waals surface area contributed by atoms with Crippen molar-refractivity contribution in [2.45, 2.75) is 39.2 Å². The highest BCUT2D eigenvalue weighted by atomic mass is 32.1. The highest BCUT2D eigenvalue weighted by molar-refractivity contribution is 7.14. The molecule has 7 nitrogen and oxygen atoms in total. The molecular formula is C21H28N4O3S. The normalized spacial score (nSPS) is 13.2. The van der Waals surface area contributed by atoms with E-state index in [-0.39, 0.29) is 17.9 Å². The van der Waals surface area contributed by atoms with Gasteiger partial charge in [0.15, 0.2) is 5.13 Å². The Kier molecular flexibility index (Phi) is 7.09. The molecule has 0 bridgehead atoms. The third-order valence-electron chi connectivity index (χ3n) is 4.58. The molecule has 1 aromatic heterocycles. The second-order valence-electron chi connectivity index (χ2n) is 7.57. The maximum atomic E-state index is 13.0. The predicted octanol–water partition coefficient (Wildman–Crippen LogP) is 3.66. The van der Waals surface area contributed by atoms with E-state index in [0.717, 1.165) is 24.3 Å². The van der Waals surface area contributed by atoms with E-state index < -0.39 is 0 Å². The molecule has 3 rings (SSSR count). The van der Waals surface area contributed by atoms with Gasteiger partial charge in [0, 0.05) is 42.7 Å². The summed E-state index contributed by atoms with van der Waals surface area (Å²) >= 11 is 1.38. The maximum absolute atomic E-state index is 13.0. The van der Waals surface area contributed by atoms with Crippen LogP contribution in [0, 0.1) is 5.92 Å². The lowest BCUT2D eigenvalue weighted by Crippen LogP contribution is -2.37. The fraction of sp³-hybridized carbons (Fsp3) is 0.476. The van der Waals surface area contributed by atoms with Crippen LogP contribution in [0.1, 0.15) is 43.6 Å². The Bertz CT molecular complexity index is 848. The Labute approximate surface area is 175 Å². The molecule has 0 unspecified atom stereocenters. The van der Waals surface area contributed by atoms with Gasteiger partial charge in [-0.1, -0.05) is 19.9 Å². The van der Waals surface area contributed by atoms with Crippen LogP contribution in [-0.2, 0) is 4.79 Å². The maximum Gasteiger partial charge on any atom is 0.273 e. The molecule has 2 amide bonds. The summed E-state index contributed by atoms with van der Waals surface area (Å²) in [5.74, 6) is 1.03. The largest absolute Gasteiger partial charge is 0.497 e.